The molecule has 1 aromatic heterocycles. The molecular weight excluding hydrogens is 296 g/mol. The normalized spacial score (nSPS) is 28.0. The van der Waals surface area contributed by atoms with Crippen molar-refractivity contribution in [1.29, 1.82) is 0 Å². The number of carbonyl (C=O) groups excluding carboxylic acids is 1. The van der Waals surface area contributed by atoms with Gasteiger partial charge in [0.2, 0.25) is 0 Å². The first-order chi connectivity index (χ1) is 10.3. The lowest BCUT2D eigenvalue weighted by atomic mass is 10.0. The number of rotatable bonds is 5. The number of nitrogens with zero attached hydrogens (tertiary/aromatic N) is 1. The maximum Gasteiger partial charge on any atom is 0.328 e. The number of Topliss-reactive ketones (excluding diaryl/α,β-unsaturated/α-hetero) is 1. The Hall–Kier alpha value is -1.81. The van der Waals surface area contributed by atoms with Gasteiger partial charge in [0.15, 0.2) is 0 Å². The van der Waals surface area contributed by atoms with Gasteiger partial charge in [-0.3, -0.25) is 19.1 Å². The van der Waals surface area contributed by atoms with Crippen molar-refractivity contribution in [3.63, 3.8) is 0 Å². The second-order valence-electron chi connectivity index (χ2n) is 5.25. The molecule has 1 saturated heterocycles. The molecule has 0 aromatic carbocycles. The zero-order valence-corrected chi connectivity index (χ0v) is 11.9. The Morgan fingerprint density at radius 3 is 2.59 bits per heavy atom. The molecular formula is C13H18N2O7. The highest BCUT2D eigenvalue weighted by Crippen LogP contribution is 2.31. The van der Waals surface area contributed by atoms with Gasteiger partial charge >= 0.3 is 5.69 Å². The van der Waals surface area contributed by atoms with Crippen molar-refractivity contribution in [2.24, 2.45) is 0 Å². The number of nitrogens with one attached hydrogen (secondary N) is 1. The van der Waals surface area contributed by atoms with Crippen molar-refractivity contribution in [2.75, 3.05) is 6.61 Å². The molecule has 0 aliphatic carbocycles. The number of aromatic nitrogens is 2. The van der Waals surface area contributed by atoms with Crippen LogP contribution < -0.4 is 11.2 Å². The minimum Gasteiger partial charge on any atom is -0.394 e. The van der Waals surface area contributed by atoms with Crippen molar-refractivity contribution in [2.45, 2.75) is 44.3 Å². The molecule has 1 fully saturated rings. The number of aryl methyl sites for hydroxylation is 1. The monoisotopic (exact) mass is 314 g/mol. The highest BCUT2D eigenvalue weighted by molar-refractivity contribution is 5.75. The fourth-order valence-corrected chi connectivity index (χ4v) is 2.33. The van der Waals surface area contributed by atoms with Crippen LogP contribution in [0.25, 0.3) is 0 Å². The number of H-pyrrole nitrogens is 1. The summed E-state index contributed by atoms with van der Waals surface area (Å²) in [6.45, 7) is 0.938. The number of carbonyl (C=O) groups is 1. The average Bonchev–Trinajstić information content (AvgIpc) is 2.74. The number of ketones is 1. The first-order valence-corrected chi connectivity index (χ1v) is 6.80. The van der Waals surface area contributed by atoms with Crippen LogP contribution in [0.3, 0.4) is 0 Å². The topological polar surface area (TPSA) is 142 Å². The molecule has 0 amide bonds. The van der Waals surface area contributed by atoms with Crippen molar-refractivity contribution < 1.29 is 24.9 Å². The van der Waals surface area contributed by atoms with E-state index in [-0.39, 0.29) is 24.3 Å². The van der Waals surface area contributed by atoms with E-state index in [2.05, 4.69) is 4.98 Å². The number of ether oxygens (including phenoxy) is 1. The molecule has 0 spiro atoms. The van der Waals surface area contributed by atoms with Gasteiger partial charge in [0.25, 0.3) is 5.56 Å². The Balaban J connectivity index is 2.35. The predicted octanol–water partition coefficient (Wildman–Crippen LogP) is -2.33. The summed E-state index contributed by atoms with van der Waals surface area (Å²) in [6, 6.07) is 0. The largest absolute Gasteiger partial charge is 0.394 e. The van der Waals surface area contributed by atoms with Crippen molar-refractivity contribution >= 4 is 5.78 Å². The third-order valence-electron chi connectivity index (χ3n) is 3.59. The smallest absolute Gasteiger partial charge is 0.328 e. The molecule has 0 radical (unpaired) electrons. The van der Waals surface area contributed by atoms with E-state index in [9.17, 15) is 24.6 Å². The zero-order chi connectivity index (χ0) is 16.4. The number of aliphatic hydroxyl groups excluding tert-OH is 3. The molecule has 4 atom stereocenters. The van der Waals surface area contributed by atoms with E-state index in [1.54, 1.807) is 0 Å². The summed E-state index contributed by atoms with van der Waals surface area (Å²) in [4.78, 5) is 36.7. The standard InChI is InChI=1S/C13H18N2O7/c1-6(17)2-3-15-4-7(12(20)14-13(15)21)11-10(19)9(18)8(5-16)22-11/h4,8-11,16,18-19H,2-3,5H2,1H3,(H,14,20,21)/t8-,9?,10+,11+/m1/s1. The Bertz CT molecular complexity index is 665. The Morgan fingerprint density at radius 1 is 1.36 bits per heavy atom. The lowest BCUT2D eigenvalue weighted by molar-refractivity contribution is -0.117. The summed E-state index contributed by atoms with van der Waals surface area (Å²) in [5, 5.41) is 28.7. The van der Waals surface area contributed by atoms with E-state index >= 15 is 0 Å². The van der Waals surface area contributed by atoms with Crippen LogP contribution >= 0.6 is 0 Å². The van der Waals surface area contributed by atoms with Crippen LogP contribution in [0.4, 0.5) is 0 Å². The van der Waals surface area contributed by atoms with Crippen LogP contribution in [-0.2, 0) is 16.1 Å². The van der Waals surface area contributed by atoms with Crippen molar-refractivity contribution in [3.05, 3.63) is 32.6 Å². The number of hydrogen-bond acceptors (Lipinski definition) is 7. The fourth-order valence-electron chi connectivity index (χ4n) is 2.33. The molecule has 4 N–H and O–H groups in total. The molecule has 9 nitrogen and oxygen atoms in total. The summed E-state index contributed by atoms with van der Waals surface area (Å²) in [5.41, 5.74) is -1.48. The van der Waals surface area contributed by atoms with Gasteiger partial charge in [0, 0.05) is 19.2 Å². The Morgan fingerprint density at radius 2 is 2.05 bits per heavy atom. The molecule has 0 bridgehead atoms. The van der Waals surface area contributed by atoms with Crippen LogP contribution in [0.1, 0.15) is 25.0 Å². The highest BCUT2D eigenvalue weighted by atomic mass is 16.6. The second-order valence-corrected chi connectivity index (χ2v) is 5.25. The summed E-state index contributed by atoms with van der Waals surface area (Å²) in [7, 11) is 0. The van der Waals surface area contributed by atoms with Crippen LogP contribution in [0, 0.1) is 0 Å². The molecule has 1 aliphatic rings. The molecule has 1 aliphatic heterocycles. The van der Waals surface area contributed by atoms with Gasteiger partial charge in [-0.15, -0.1) is 0 Å². The first-order valence-electron chi connectivity index (χ1n) is 6.80. The maximum atomic E-state index is 11.9. The average molecular weight is 314 g/mol. The third-order valence-corrected chi connectivity index (χ3v) is 3.59. The summed E-state index contributed by atoms with van der Waals surface area (Å²) < 4.78 is 6.40. The summed E-state index contributed by atoms with van der Waals surface area (Å²) in [5.74, 6) is -0.118. The molecule has 9 heteroatoms. The van der Waals surface area contributed by atoms with Gasteiger partial charge in [-0.05, 0) is 6.92 Å². The van der Waals surface area contributed by atoms with Crippen LogP contribution in [0.15, 0.2) is 15.8 Å². The summed E-state index contributed by atoms with van der Waals surface area (Å²) in [6.07, 6.45) is -3.62. The third kappa shape index (κ3) is 3.17. The lowest BCUT2D eigenvalue weighted by Crippen LogP contribution is -2.36. The van der Waals surface area contributed by atoms with Crippen LogP contribution in [0.5, 0.6) is 0 Å². The molecule has 1 unspecified atom stereocenters. The van der Waals surface area contributed by atoms with Crippen LogP contribution in [-0.4, -0.2) is 55.6 Å². The Kier molecular flexibility index (Phi) is 4.91. The fraction of sp³-hybridized carbons (Fsp3) is 0.615. The first kappa shape index (κ1) is 16.6. The van der Waals surface area contributed by atoms with E-state index in [1.165, 1.54) is 13.1 Å². The number of aromatic amines is 1. The van der Waals surface area contributed by atoms with Gasteiger partial charge in [-0.2, -0.15) is 0 Å². The SMILES string of the molecule is CC(=O)CCn1cc([C@@H]2O[C@H](CO)C(O)[C@@H]2O)c(=O)[nH]c1=O. The van der Waals surface area contributed by atoms with E-state index < -0.39 is 42.3 Å². The zero-order valence-electron chi connectivity index (χ0n) is 11.9. The van der Waals surface area contributed by atoms with Crippen molar-refractivity contribution in [1.82, 2.24) is 9.55 Å². The van der Waals surface area contributed by atoms with Gasteiger partial charge < -0.3 is 20.1 Å². The number of hydrogen-bond donors (Lipinski definition) is 4. The quantitative estimate of drug-likeness (QED) is 0.477. The van der Waals surface area contributed by atoms with E-state index in [4.69, 9.17) is 9.84 Å². The second kappa shape index (κ2) is 6.53. The van der Waals surface area contributed by atoms with E-state index in [1.807, 2.05) is 0 Å². The summed E-state index contributed by atoms with van der Waals surface area (Å²) >= 11 is 0. The van der Waals surface area contributed by atoms with Gasteiger partial charge in [-0.25, -0.2) is 4.79 Å². The highest BCUT2D eigenvalue weighted by Gasteiger charge is 2.44. The molecule has 0 saturated carbocycles. The molecule has 122 valence electrons. The van der Waals surface area contributed by atoms with E-state index in [0.29, 0.717) is 0 Å². The predicted molar refractivity (Wildman–Crippen MR) is 73.3 cm³/mol. The van der Waals surface area contributed by atoms with Gasteiger partial charge in [0.1, 0.15) is 30.2 Å². The molecule has 2 heterocycles. The minimum absolute atomic E-state index is 0.0503. The lowest BCUT2D eigenvalue weighted by Gasteiger charge is -2.15. The van der Waals surface area contributed by atoms with Gasteiger partial charge in [0.05, 0.1) is 12.2 Å². The van der Waals surface area contributed by atoms with E-state index in [0.717, 1.165) is 4.57 Å². The van der Waals surface area contributed by atoms with Crippen molar-refractivity contribution in [3.8, 4) is 0 Å². The number of aliphatic hydroxyl groups is 3. The Labute approximate surface area is 124 Å². The van der Waals surface area contributed by atoms with Gasteiger partial charge in [-0.1, -0.05) is 0 Å². The maximum absolute atomic E-state index is 11.9. The minimum atomic E-state index is -1.41. The molecule has 2 rings (SSSR count). The van der Waals surface area contributed by atoms with Crippen LogP contribution in [0.2, 0.25) is 0 Å². The molecule has 22 heavy (non-hydrogen) atoms. The molecule has 1 aromatic rings.